The molecule has 3 rings (SSSR count). The van der Waals surface area contributed by atoms with Gasteiger partial charge in [0.05, 0.1) is 15.6 Å². The minimum absolute atomic E-state index is 0.0700. The van der Waals surface area contributed by atoms with Crippen molar-refractivity contribution in [3.63, 3.8) is 0 Å². The third-order valence-electron chi connectivity index (χ3n) is 3.70. The van der Waals surface area contributed by atoms with Crippen LogP contribution in [-0.4, -0.2) is 22.9 Å². The molecule has 1 amide bonds. The number of rotatable bonds is 5. The number of thiophene rings is 1. The normalized spacial score (nSPS) is 11.8. The smallest absolute Gasteiger partial charge is 0.349 e. The van der Waals surface area contributed by atoms with Crippen LogP contribution in [0.1, 0.15) is 16.6 Å². The van der Waals surface area contributed by atoms with Crippen LogP contribution in [0.3, 0.4) is 0 Å². The van der Waals surface area contributed by atoms with Gasteiger partial charge in [-0.05, 0) is 30.5 Å². The molecule has 0 aliphatic carbocycles. The van der Waals surface area contributed by atoms with Crippen molar-refractivity contribution in [2.45, 2.75) is 13.0 Å². The van der Waals surface area contributed by atoms with Crippen molar-refractivity contribution in [2.75, 3.05) is 5.32 Å². The van der Waals surface area contributed by atoms with Crippen LogP contribution in [0.15, 0.2) is 48.5 Å². The molecule has 0 radical (unpaired) electrons. The number of hydrogen-bond donors (Lipinski definition) is 1. The van der Waals surface area contributed by atoms with Gasteiger partial charge in [-0.15, -0.1) is 11.3 Å². The number of hydrogen-bond acceptors (Lipinski definition) is 6. The Kier molecular flexibility index (Phi) is 5.38. The van der Waals surface area contributed by atoms with Crippen LogP contribution in [0.2, 0.25) is 5.02 Å². The second kappa shape index (κ2) is 7.73. The Bertz CT molecular complexity index is 1020. The van der Waals surface area contributed by atoms with Crippen LogP contribution in [0.4, 0.5) is 11.4 Å². The summed E-state index contributed by atoms with van der Waals surface area (Å²) in [5.74, 6) is -1.27. The molecule has 0 saturated carbocycles. The highest BCUT2D eigenvalue weighted by atomic mass is 35.5. The molecule has 1 unspecified atom stereocenters. The van der Waals surface area contributed by atoms with Crippen LogP contribution < -0.4 is 5.32 Å². The molecule has 3 aromatic rings. The molecule has 2 aromatic carbocycles. The Morgan fingerprint density at radius 1 is 1.22 bits per heavy atom. The zero-order valence-corrected chi connectivity index (χ0v) is 15.5. The lowest BCUT2D eigenvalue weighted by atomic mass is 10.2. The molecule has 1 N–H and O–H groups in total. The predicted molar refractivity (Wildman–Crippen MR) is 103 cm³/mol. The van der Waals surface area contributed by atoms with Gasteiger partial charge in [0.25, 0.3) is 11.6 Å². The Labute approximate surface area is 162 Å². The average molecular weight is 405 g/mol. The van der Waals surface area contributed by atoms with Gasteiger partial charge >= 0.3 is 5.97 Å². The summed E-state index contributed by atoms with van der Waals surface area (Å²) >= 11 is 7.22. The maximum atomic E-state index is 12.3. The fraction of sp³-hybridized carbons (Fsp3) is 0.111. The molecule has 0 aliphatic heterocycles. The first kappa shape index (κ1) is 18.8. The fourth-order valence-corrected chi connectivity index (χ4v) is 3.42. The highest BCUT2D eigenvalue weighted by molar-refractivity contribution is 7.20. The molecule has 1 heterocycles. The molecule has 27 heavy (non-hydrogen) atoms. The van der Waals surface area contributed by atoms with E-state index in [9.17, 15) is 19.7 Å². The highest BCUT2D eigenvalue weighted by Crippen LogP contribution is 2.28. The first-order valence-corrected chi connectivity index (χ1v) is 8.99. The summed E-state index contributed by atoms with van der Waals surface area (Å²) in [4.78, 5) is 35.2. The Morgan fingerprint density at radius 2 is 1.96 bits per heavy atom. The zero-order valence-electron chi connectivity index (χ0n) is 14.0. The number of nitro benzene ring substituents is 1. The fourth-order valence-electron chi connectivity index (χ4n) is 2.31. The van der Waals surface area contributed by atoms with E-state index in [2.05, 4.69) is 5.32 Å². The summed E-state index contributed by atoms with van der Waals surface area (Å²) in [6.45, 7) is 1.41. The van der Waals surface area contributed by atoms with Crippen LogP contribution in [0.5, 0.6) is 0 Å². The molecular formula is C18H13ClN2O5S. The minimum Gasteiger partial charge on any atom is -0.448 e. The van der Waals surface area contributed by atoms with E-state index in [1.165, 1.54) is 30.4 Å². The molecule has 0 aliphatic rings. The Morgan fingerprint density at radius 3 is 2.67 bits per heavy atom. The lowest BCUT2D eigenvalue weighted by molar-refractivity contribution is -0.384. The number of ether oxygens (including phenoxy) is 1. The van der Waals surface area contributed by atoms with E-state index in [0.717, 1.165) is 16.2 Å². The quantitative estimate of drug-likeness (QED) is 0.379. The number of nitrogens with zero attached hydrogens (tertiary/aromatic N) is 1. The molecule has 0 saturated heterocycles. The number of nitrogens with one attached hydrogen (secondary N) is 1. The van der Waals surface area contributed by atoms with Crippen LogP contribution in [-0.2, 0) is 9.53 Å². The van der Waals surface area contributed by atoms with E-state index in [1.807, 2.05) is 24.3 Å². The summed E-state index contributed by atoms with van der Waals surface area (Å²) in [5, 5.41) is 14.3. The Balaban J connectivity index is 1.69. The number of fused-ring (bicyclic) bond motifs is 1. The number of anilines is 1. The number of nitro groups is 1. The summed E-state index contributed by atoms with van der Waals surface area (Å²) in [5.41, 5.74) is -0.148. The molecule has 138 valence electrons. The van der Waals surface area contributed by atoms with E-state index >= 15 is 0 Å². The zero-order chi connectivity index (χ0) is 19.6. The first-order chi connectivity index (χ1) is 12.8. The topological polar surface area (TPSA) is 98.5 Å². The molecule has 1 atom stereocenters. The number of carbonyl (C=O) groups excluding carboxylic acids is 2. The van der Waals surface area contributed by atoms with Crippen molar-refractivity contribution in [2.24, 2.45) is 0 Å². The molecular weight excluding hydrogens is 392 g/mol. The van der Waals surface area contributed by atoms with Crippen molar-refractivity contribution in [1.29, 1.82) is 0 Å². The lowest BCUT2D eigenvalue weighted by Crippen LogP contribution is -2.29. The van der Waals surface area contributed by atoms with E-state index in [1.54, 1.807) is 6.07 Å². The second-order valence-corrected chi connectivity index (χ2v) is 7.10. The third-order valence-corrected chi connectivity index (χ3v) is 5.12. The number of carbonyl (C=O) groups is 2. The van der Waals surface area contributed by atoms with Crippen LogP contribution in [0, 0.1) is 10.1 Å². The number of esters is 1. The van der Waals surface area contributed by atoms with E-state index in [-0.39, 0.29) is 16.4 Å². The summed E-state index contributed by atoms with van der Waals surface area (Å²) in [7, 11) is 0. The van der Waals surface area contributed by atoms with E-state index in [0.29, 0.717) is 4.88 Å². The van der Waals surface area contributed by atoms with Gasteiger partial charge in [-0.25, -0.2) is 4.79 Å². The molecule has 0 fully saturated rings. The number of non-ortho nitro benzene ring substituents is 1. The van der Waals surface area contributed by atoms with Crippen molar-refractivity contribution in [3.8, 4) is 0 Å². The molecule has 0 spiro atoms. The van der Waals surface area contributed by atoms with Gasteiger partial charge in [0.2, 0.25) is 0 Å². The lowest BCUT2D eigenvalue weighted by Gasteiger charge is -2.13. The monoisotopic (exact) mass is 404 g/mol. The summed E-state index contributed by atoms with van der Waals surface area (Å²) < 4.78 is 6.14. The second-order valence-electron chi connectivity index (χ2n) is 5.61. The first-order valence-electron chi connectivity index (χ1n) is 7.79. The average Bonchev–Trinajstić information content (AvgIpc) is 3.07. The van der Waals surface area contributed by atoms with Crippen LogP contribution in [0.25, 0.3) is 10.1 Å². The number of halogens is 1. The maximum Gasteiger partial charge on any atom is 0.349 e. The Hall–Kier alpha value is -2.97. The maximum absolute atomic E-state index is 12.3. The minimum atomic E-state index is -1.11. The molecule has 1 aromatic heterocycles. The van der Waals surface area contributed by atoms with Crippen molar-refractivity contribution in [1.82, 2.24) is 0 Å². The van der Waals surface area contributed by atoms with Gasteiger partial charge < -0.3 is 10.1 Å². The molecule has 9 heteroatoms. The number of amides is 1. The van der Waals surface area contributed by atoms with Crippen LogP contribution >= 0.6 is 22.9 Å². The SMILES string of the molecule is CC(OC(=O)c1cc2ccccc2s1)C(=O)Nc1cc([N+](=O)[O-])ccc1Cl. The van der Waals surface area contributed by atoms with E-state index in [4.69, 9.17) is 16.3 Å². The number of benzene rings is 2. The van der Waals surface area contributed by atoms with Crippen molar-refractivity contribution >= 4 is 56.3 Å². The summed E-state index contributed by atoms with van der Waals surface area (Å²) in [6, 6.07) is 12.9. The predicted octanol–water partition coefficient (Wildman–Crippen LogP) is 4.65. The highest BCUT2D eigenvalue weighted by Gasteiger charge is 2.22. The summed E-state index contributed by atoms with van der Waals surface area (Å²) in [6.07, 6.45) is -1.11. The largest absolute Gasteiger partial charge is 0.448 e. The van der Waals surface area contributed by atoms with Gasteiger partial charge in [0.15, 0.2) is 6.10 Å². The van der Waals surface area contributed by atoms with Gasteiger partial charge in [-0.1, -0.05) is 29.8 Å². The van der Waals surface area contributed by atoms with Gasteiger partial charge in [0.1, 0.15) is 4.88 Å². The standard InChI is InChI=1S/C18H13ClN2O5S/c1-10(17(22)20-14-9-12(21(24)25)6-7-13(14)19)26-18(23)16-8-11-4-2-3-5-15(11)27-16/h2-10H,1H3,(H,20,22). The molecule has 0 bridgehead atoms. The van der Waals surface area contributed by atoms with Gasteiger partial charge in [-0.3, -0.25) is 14.9 Å². The van der Waals surface area contributed by atoms with Gasteiger partial charge in [0, 0.05) is 16.8 Å². The van der Waals surface area contributed by atoms with Crippen molar-refractivity contribution in [3.05, 3.63) is 68.5 Å². The molecule has 7 nitrogen and oxygen atoms in total. The van der Waals surface area contributed by atoms with E-state index < -0.39 is 22.9 Å². The van der Waals surface area contributed by atoms with Crippen molar-refractivity contribution < 1.29 is 19.2 Å². The third kappa shape index (κ3) is 4.24. The van der Waals surface area contributed by atoms with Gasteiger partial charge in [-0.2, -0.15) is 0 Å².